The Morgan fingerprint density at radius 3 is 1.12 bits per heavy atom. The fraction of sp³-hybridized carbons (Fsp3) is 0.947. The molecular weight excluding hydrogens is 840 g/mol. The van der Waals surface area contributed by atoms with E-state index in [0.717, 1.165) is 32.1 Å². The van der Waals surface area contributed by atoms with Gasteiger partial charge in [-0.1, -0.05) is 283 Å². The molecule has 0 aliphatic heterocycles. The van der Waals surface area contributed by atoms with Gasteiger partial charge in [0.25, 0.3) is 0 Å². The van der Waals surface area contributed by atoms with Gasteiger partial charge in [0.15, 0.2) is 0 Å². The minimum absolute atomic E-state index is 0.0652. The van der Waals surface area contributed by atoms with Gasteiger partial charge < -0.3 is 19.8 Å². The number of aliphatic hydroxyl groups excluding tert-OH is 1. The predicted molar refractivity (Wildman–Crippen MR) is 286 cm³/mol. The zero-order valence-corrected chi connectivity index (χ0v) is 45.9. The number of phosphoric acid groups is 1. The number of likely N-dealkylation sites (N-methyl/N-ethyl adjacent to an activating group) is 1. The highest BCUT2D eigenvalue weighted by atomic mass is 31.2. The summed E-state index contributed by atoms with van der Waals surface area (Å²) in [6.45, 7) is 4.87. The van der Waals surface area contributed by atoms with Gasteiger partial charge in [0.1, 0.15) is 13.2 Å². The number of phosphoric ester groups is 1. The second-order valence-corrected chi connectivity index (χ2v) is 22.8. The van der Waals surface area contributed by atoms with Gasteiger partial charge >= 0.3 is 7.82 Å². The first kappa shape index (κ1) is 65.2. The molecule has 0 saturated heterocycles. The molecule has 3 N–H and O–H groups in total. The van der Waals surface area contributed by atoms with Crippen LogP contribution in [0.2, 0.25) is 0 Å². The third kappa shape index (κ3) is 51.1. The second-order valence-electron chi connectivity index (χ2n) is 21.4. The molecule has 0 aromatic rings. The largest absolute Gasteiger partial charge is 0.472 e. The molecule has 0 spiro atoms. The van der Waals surface area contributed by atoms with E-state index >= 15 is 0 Å². The fourth-order valence-corrected chi connectivity index (χ4v) is 9.66. The number of nitrogens with one attached hydrogen (secondary N) is 1. The van der Waals surface area contributed by atoms with Crippen LogP contribution in [0.4, 0.5) is 0 Å². The maximum Gasteiger partial charge on any atom is 0.472 e. The van der Waals surface area contributed by atoms with Gasteiger partial charge in [-0.2, -0.15) is 0 Å². The van der Waals surface area contributed by atoms with E-state index in [2.05, 4.69) is 19.2 Å². The van der Waals surface area contributed by atoms with Crippen molar-refractivity contribution in [3.63, 3.8) is 0 Å². The van der Waals surface area contributed by atoms with Gasteiger partial charge in [0, 0.05) is 6.42 Å². The molecule has 0 bridgehead atoms. The van der Waals surface area contributed by atoms with E-state index in [1.165, 1.54) is 244 Å². The lowest BCUT2D eigenvalue weighted by Crippen LogP contribution is -2.45. The van der Waals surface area contributed by atoms with Crippen LogP contribution in [0.5, 0.6) is 0 Å². The van der Waals surface area contributed by atoms with Crippen LogP contribution in [-0.2, 0) is 18.4 Å². The summed E-state index contributed by atoms with van der Waals surface area (Å²) in [7, 11) is 1.59. The molecule has 0 rings (SSSR count). The van der Waals surface area contributed by atoms with Gasteiger partial charge in [0.2, 0.25) is 5.91 Å². The Balaban J connectivity index is 4.18. The quantitative estimate of drug-likeness (QED) is 0.0243. The zero-order valence-electron chi connectivity index (χ0n) is 45.0. The van der Waals surface area contributed by atoms with Gasteiger partial charge in [-0.25, -0.2) is 4.57 Å². The first-order chi connectivity index (χ1) is 32.0. The Morgan fingerprint density at radius 2 is 0.803 bits per heavy atom. The summed E-state index contributed by atoms with van der Waals surface area (Å²) in [5.74, 6) is -0.170. The first-order valence-electron chi connectivity index (χ1n) is 29.1. The van der Waals surface area contributed by atoms with E-state index < -0.39 is 20.0 Å². The Morgan fingerprint density at radius 1 is 0.500 bits per heavy atom. The zero-order chi connectivity index (χ0) is 48.5. The standard InChI is InChI=1S/C57H115N2O6P/c1-6-8-10-12-14-16-18-20-22-24-26-28-29-31-32-34-36-38-40-42-44-46-48-50-56(60)55(54-65-66(62,63)64-53-52-59(3,4)5)58-57(61)51-49-47-45-43-41-39-37-35-33-30-27-25-23-21-19-17-15-13-11-9-7-2/h48,50,55-56,60H,6-47,49,51-54H2,1-5H3,(H-,58,61,62,63)/p+1/b50-48+. The van der Waals surface area contributed by atoms with Gasteiger partial charge in [-0.05, 0) is 19.3 Å². The lowest BCUT2D eigenvalue weighted by Gasteiger charge is -2.25. The van der Waals surface area contributed by atoms with Crippen molar-refractivity contribution in [3.05, 3.63) is 12.2 Å². The minimum atomic E-state index is -4.34. The summed E-state index contributed by atoms with van der Waals surface area (Å²) in [6, 6.07) is -0.842. The fourth-order valence-electron chi connectivity index (χ4n) is 8.93. The third-order valence-corrected chi connectivity index (χ3v) is 14.5. The molecule has 3 atom stereocenters. The molecule has 0 aliphatic rings. The molecule has 66 heavy (non-hydrogen) atoms. The number of unbranched alkanes of at least 4 members (excludes halogenated alkanes) is 41. The molecule has 0 aromatic heterocycles. The summed E-state index contributed by atoms with van der Waals surface area (Å²) < 4.78 is 23.7. The van der Waals surface area contributed by atoms with Crippen molar-refractivity contribution in [1.29, 1.82) is 0 Å². The average Bonchev–Trinajstić information content (AvgIpc) is 3.28. The highest BCUT2D eigenvalue weighted by Crippen LogP contribution is 2.43. The van der Waals surface area contributed by atoms with Crippen LogP contribution in [0.15, 0.2) is 12.2 Å². The molecular formula is C57H116N2O6P+. The minimum Gasteiger partial charge on any atom is -0.387 e. The van der Waals surface area contributed by atoms with Crippen LogP contribution in [0.3, 0.4) is 0 Å². The maximum absolute atomic E-state index is 13.0. The number of nitrogens with zero attached hydrogens (tertiary/aromatic N) is 1. The predicted octanol–water partition coefficient (Wildman–Crippen LogP) is 17.4. The summed E-state index contributed by atoms with van der Waals surface area (Å²) in [6.07, 6.45) is 60.2. The van der Waals surface area contributed by atoms with Gasteiger partial charge in [0.05, 0.1) is 39.9 Å². The number of hydrogen-bond acceptors (Lipinski definition) is 5. The topological polar surface area (TPSA) is 105 Å². The number of aliphatic hydroxyl groups is 1. The van der Waals surface area contributed by atoms with E-state index in [1.54, 1.807) is 6.08 Å². The smallest absolute Gasteiger partial charge is 0.387 e. The van der Waals surface area contributed by atoms with Crippen molar-refractivity contribution in [3.8, 4) is 0 Å². The van der Waals surface area contributed by atoms with Crippen LogP contribution >= 0.6 is 7.82 Å². The Labute approximate surface area is 412 Å². The highest BCUT2D eigenvalue weighted by Gasteiger charge is 2.27. The van der Waals surface area contributed by atoms with E-state index in [4.69, 9.17) is 9.05 Å². The lowest BCUT2D eigenvalue weighted by atomic mass is 10.0. The molecule has 0 radical (unpaired) electrons. The van der Waals surface area contributed by atoms with Crippen molar-refractivity contribution >= 4 is 13.7 Å². The number of rotatable bonds is 54. The first-order valence-corrected chi connectivity index (χ1v) is 30.6. The molecule has 3 unspecified atom stereocenters. The number of amides is 1. The number of carbonyl (C=O) groups excluding carboxylic acids is 1. The van der Waals surface area contributed by atoms with Crippen molar-refractivity contribution < 1.29 is 32.9 Å². The van der Waals surface area contributed by atoms with E-state index in [-0.39, 0.29) is 19.1 Å². The number of hydrogen-bond donors (Lipinski definition) is 3. The van der Waals surface area contributed by atoms with Crippen LogP contribution in [0, 0.1) is 0 Å². The van der Waals surface area contributed by atoms with Gasteiger partial charge in [-0.3, -0.25) is 13.8 Å². The Hall–Kier alpha value is -0.760. The van der Waals surface area contributed by atoms with Crippen molar-refractivity contribution in [1.82, 2.24) is 5.32 Å². The summed E-state index contributed by atoms with van der Waals surface area (Å²) in [5, 5.41) is 14.0. The van der Waals surface area contributed by atoms with Crippen LogP contribution < -0.4 is 5.32 Å². The summed E-state index contributed by atoms with van der Waals surface area (Å²) in [5.41, 5.74) is 0. The van der Waals surface area contributed by atoms with Crippen molar-refractivity contribution in [2.24, 2.45) is 0 Å². The van der Waals surface area contributed by atoms with E-state index in [0.29, 0.717) is 17.4 Å². The lowest BCUT2D eigenvalue weighted by molar-refractivity contribution is -0.870. The number of allylic oxidation sites excluding steroid dienone is 1. The Kier molecular flexibility index (Phi) is 48.7. The molecule has 9 heteroatoms. The van der Waals surface area contributed by atoms with Gasteiger partial charge in [-0.15, -0.1) is 0 Å². The van der Waals surface area contributed by atoms with Crippen molar-refractivity contribution in [2.45, 2.75) is 309 Å². The van der Waals surface area contributed by atoms with E-state index in [1.807, 2.05) is 27.2 Å². The Bertz CT molecular complexity index is 1080. The molecule has 394 valence electrons. The molecule has 0 heterocycles. The third-order valence-electron chi connectivity index (χ3n) is 13.5. The number of quaternary nitrogens is 1. The monoisotopic (exact) mass is 956 g/mol. The maximum atomic E-state index is 13.0. The highest BCUT2D eigenvalue weighted by molar-refractivity contribution is 7.47. The molecule has 0 aromatic carbocycles. The molecule has 0 fully saturated rings. The summed E-state index contributed by atoms with van der Waals surface area (Å²) >= 11 is 0. The van der Waals surface area contributed by atoms with Crippen LogP contribution in [0.1, 0.15) is 296 Å². The molecule has 1 amide bonds. The van der Waals surface area contributed by atoms with Crippen molar-refractivity contribution in [2.75, 3.05) is 40.9 Å². The molecule has 0 aliphatic carbocycles. The SMILES string of the molecule is CCCCCCCCCCCCCCCCCCCCCCC/C=C/C(O)C(COP(=O)(O)OCC[N+](C)(C)C)NC(=O)CCCCCCCCCCCCCCCCCCCCCCC. The normalized spacial score (nSPS) is 14.0. The number of carbonyl (C=O) groups is 1. The molecule has 0 saturated carbocycles. The van der Waals surface area contributed by atoms with Crippen LogP contribution in [-0.4, -0.2) is 73.4 Å². The summed E-state index contributed by atoms with van der Waals surface area (Å²) in [4.78, 5) is 23.3. The van der Waals surface area contributed by atoms with Crippen LogP contribution in [0.25, 0.3) is 0 Å². The second kappa shape index (κ2) is 49.2. The van der Waals surface area contributed by atoms with E-state index in [9.17, 15) is 19.4 Å². The molecule has 8 nitrogen and oxygen atoms in total. The average molecular weight is 957 g/mol.